The molecule has 16 heteroatoms. The van der Waals surface area contributed by atoms with Crippen molar-refractivity contribution in [2.45, 2.75) is 111 Å². The molecule has 13 nitrogen and oxygen atoms in total. The van der Waals surface area contributed by atoms with Gasteiger partial charge in [-0.1, -0.05) is 61.0 Å². The number of carbonyl (C=O) groups excluding carboxylic acids is 1. The maximum absolute atomic E-state index is 12.5. The monoisotopic (exact) mass is 641 g/mol. The normalized spacial score (nSPS) is 35.1. The van der Waals surface area contributed by atoms with E-state index in [1.54, 1.807) is 0 Å². The van der Waals surface area contributed by atoms with Crippen LogP contribution in [0.15, 0.2) is 0 Å². The van der Waals surface area contributed by atoms with Crippen molar-refractivity contribution < 1.29 is 59.5 Å². The van der Waals surface area contributed by atoms with Crippen LogP contribution in [0.1, 0.15) is 45.4 Å². The smallest absolute Gasteiger partial charge is 0.274 e. The van der Waals surface area contributed by atoms with E-state index in [1.165, 1.54) is 4.90 Å². The van der Waals surface area contributed by atoms with Crippen molar-refractivity contribution in [2.75, 3.05) is 32.9 Å². The quantitative estimate of drug-likeness (QED) is 0.0867. The maximum atomic E-state index is 12.5. The molecular formula is C24H42Cl3NO12. The van der Waals surface area contributed by atoms with Gasteiger partial charge < -0.3 is 59.6 Å². The third-order valence-corrected chi connectivity index (χ3v) is 7.36. The summed E-state index contributed by atoms with van der Waals surface area (Å²) in [6.07, 6.45) is -10.5. The average molecular weight is 643 g/mol. The first-order valence-electron chi connectivity index (χ1n) is 13.4. The SMILES string of the molecule is CCCCCCN(CCCCOC1O[C@H](CO)[C@@H](O[C@@H]2O[C@H](CO)[C@H](O)[C@H](O)[C@H]2O)[C@H](O)[C@H]1O)C(=O)C(Cl)(Cl)Cl. The fourth-order valence-electron chi connectivity index (χ4n) is 4.52. The number of hydrogen-bond donors (Lipinski definition) is 7. The minimum Gasteiger partial charge on any atom is -0.394 e. The Hall–Kier alpha value is -0.100. The van der Waals surface area contributed by atoms with E-state index in [1.807, 2.05) is 0 Å². The number of halogens is 3. The van der Waals surface area contributed by atoms with Crippen molar-refractivity contribution in [2.24, 2.45) is 0 Å². The van der Waals surface area contributed by atoms with E-state index in [2.05, 4.69) is 6.92 Å². The van der Waals surface area contributed by atoms with Gasteiger partial charge in [-0.15, -0.1) is 0 Å². The van der Waals surface area contributed by atoms with Crippen molar-refractivity contribution >= 4 is 40.7 Å². The molecule has 40 heavy (non-hydrogen) atoms. The Morgan fingerprint density at radius 1 is 0.775 bits per heavy atom. The molecule has 236 valence electrons. The summed E-state index contributed by atoms with van der Waals surface area (Å²) in [4.78, 5) is 14.0. The predicted octanol–water partition coefficient (Wildman–Crippen LogP) is -0.814. The van der Waals surface area contributed by atoms with E-state index >= 15 is 0 Å². The number of aliphatic hydroxyl groups is 7. The van der Waals surface area contributed by atoms with E-state index in [4.69, 9.17) is 53.8 Å². The van der Waals surface area contributed by atoms with Crippen LogP contribution in [0.25, 0.3) is 0 Å². The highest BCUT2D eigenvalue weighted by Gasteiger charge is 2.50. The van der Waals surface area contributed by atoms with Crippen molar-refractivity contribution in [3.8, 4) is 0 Å². The molecule has 2 aliphatic heterocycles. The molecule has 0 radical (unpaired) electrons. The largest absolute Gasteiger partial charge is 0.394 e. The number of nitrogens with zero attached hydrogens (tertiary/aromatic N) is 1. The second kappa shape index (κ2) is 17.3. The molecule has 2 rings (SSSR count). The van der Waals surface area contributed by atoms with Crippen LogP contribution in [0.5, 0.6) is 0 Å². The lowest BCUT2D eigenvalue weighted by atomic mass is 9.97. The van der Waals surface area contributed by atoms with E-state index in [0.29, 0.717) is 25.9 Å². The van der Waals surface area contributed by atoms with Gasteiger partial charge >= 0.3 is 0 Å². The van der Waals surface area contributed by atoms with Gasteiger partial charge in [0.1, 0.15) is 48.8 Å². The number of aliphatic hydroxyl groups excluding tert-OH is 7. The number of carbonyl (C=O) groups is 1. The summed E-state index contributed by atoms with van der Waals surface area (Å²) in [7, 11) is 0. The van der Waals surface area contributed by atoms with Gasteiger partial charge in [-0.2, -0.15) is 0 Å². The van der Waals surface area contributed by atoms with Crippen LogP contribution in [-0.4, -0.2) is 145 Å². The Labute approximate surface area is 248 Å². The molecule has 10 atom stereocenters. The molecular weight excluding hydrogens is 601 g/mol. The summed E-state index contributed by atoms with van der Waals surface area (Å²) >= 11 is 17.4. The fraction of sp³-hybridized carbons (Fsp3) is 0.958. The van der Waals surface area contributed by atoms with Crippen molar-refractivity contribution in [1.29, 1.82) is 0 Å². The van der Waals surface area contributed by atoms with E-state index in [-0.39, 0.29) is 6.61 Å². The number of rotatable bonds is 15. The Morgan fingerprint density at radius 2 is 1.35 bits per heavy atom. The number of amides is 1. The van der Waals surface area contributed by atoms with Crippen molar-refractivity contribution in [1.82, 2.24) is 4.90 Å². The highest BCUT2D eigenvalue weighted by atomic mass is 35.6. The number of unbranched alkanes of at least 4 members (excludes halogenated alkanes) is 4. The second-order valence-electron chi connectivity index (χ2n) is 9.93. The second-order valence-corrected chi connectivity index (χ2v) is 12.2. The van der Waals surface area contributed by atoms with Gasteiger partial charge in [-0.3, -0.25) is 4.79 Å². The van der Waals surface area contributed by atoms with E-state index < -0.39 is 84.3 Å². The zero-order chi connectivity index (χ0) is 30.0. The first-order valence-corrected chi connectivity index (χ1v) is 14.6. The number of alkyl halides is 3. The molecule has 2 saturated heterocycles. The lowest BCUT2D eigenvalue weighted by Crippen LogP contribution is -2.64. The fourth-order valence-corrected chi connectivity index (χ4v) is 4.88. The highest BCUT2D eigenvalue weighted by molar-refractivity contribution is 6.76. The maximum Gasteiger partial charge on any atom is 0.274 e. The van der Waals surface area contributed by atoms with Gasteiger partial charge in [-0.25, -0.2) is 0 Å². The Bertz CT molecular complexity index is 746. The summed E-state index contributed by atoms with van der Waals surface area (Å²) in [5.74, 6) is -0.611. The lowest BCUT2D eigenvalue weighted by Gasteiger charge is -2.45. The first kappa shape index (κ1) is 36.1. The van der Waals surface area contributed by atoms with E-state index in [9.17, 15) is 40.5 Å². The molecule has 7 N–H and O–H groups in total. The summed E-state index contributed by atoms with van der Waals surface area (Å²) < 4.78 is 19.9. The molecule has 0 aromatic rings. The first-order chi connectivity index (χ1) is 18.9. The number of ether oxygens (including phenoxy) is 4. The minimum absolute atomic E-state index is 0.0659. The molecule has 0 aromatic carbocycles. The van der Waals surface area contributed by atoms with Crippen molar-refractivity contribution in [3.05, 3.63) is 0 Å². The topological polar surface area (TPSA) is 199 Å². The molecule has 0 saturated carbocycles. The van der Waals surface area contributed by atoms with Crippen LogP contribution in [0.3, 0.4) is 0 Å². The van der Waals surface area contributed by atoms with Crippen LogP contribution in [0, 0.1) is 0 Å². The third kappa shape index (κ3) is 9.98. The average Bonchev–Trinajstić information content (AvgIpc) is 2.92. The van der Waals surface area contributed by atoms with E-state index in [0.717, 1.165) is 25.7 Å². The Kier molecular flexibility index (Phi) is 15.6. The Balaban J connectivity index is 1.88. The van der Waals surface area contributed by atoms with Gasteiger partial charge in [0.2, 0.25) is 0 Å². The third-order valence-electron chi connectivity index (χ3n) is 6.88. The van der Waals surface area contributed by atoms with Gasteiger partial charge in [0, 0.05) is 19.7 Å². The molecule has 1 unspecified atom stereocenters. The molecule has 0 bridgehead atoms. The van der Waals surface area contributed by atoms with Gasteiger partial charge in [0.05, 0.1) is 13.2 Å². The standard InChI is InChI=1S/C24H42Cl3NO12/c1-2-3-4-5-8-28(23(36)24(25,26)27)9-6-7-10-37-21-19(35)17(33)20(14(12-30)39-21)40-22-18(34)16(32)15(31)13(11-29)38-22/h13-22,29-35H,2-12H2,1H3/t13-,14-,15+,16+,17-,18-,19-,20-,21?,22+/m1/s1. The molecule has 2 fully saturated rings. The zero-order valence-corrected chi connectivity index (χ0v) is 24.6. The summed E-state index contributed by atoms with van der Waals surface area (Å²) in [6, 6.07) is 0. The molecule has 0 spiro atoms. The highest BCUT2D eigenvalue weighted by Crippen LogP contribution is 2.30. The van der Waals surface area contributed by atoms with Gasteiger partial charge in [-0.05, 0) is 19.3 Å². The van der Waals surface area contributed by atoms with Crippen LogP contribution in [0.4, 0.5) is 0 Å². The molecule has 2 aliphatic rings. The van der Waals surface area contributed by atoms with Gasteiger partial charge in [0.15, 0.2) is 12.6 Å². The van der Waals surface area contributed by atoms with Crippen molar-refractivity contribution in [3.63, 3.8) is 0 Å². The van der Waals surface area contributed by atoms with Crippen LogP contribution in [0.2, 0.25) is 0 Å². The molecule has 1 amide bonds. The summed E-state index contributed by atoms with van der Waals surface area (Å²) in [5.41, 5.74) is 0. The molecule has 2 heterocycles. The number of hydrogen-bond acceptors (Lipinski definition) is 12. The Morgan fingerprint density at radius 3 is 1.93 bits per heavy atom. The summed E-state index contributed by atoms with van der Waals surface area (Å²) in [5, 5.41) is 70.5. The zero-order valence-electron chi connectivity index (χ0n) is 22.3. The van der Waals surface area contributed by atoms with Crippen LogP contribution >= 0.6 is 34.8 Å². The minimum atomic E-state index is -2.06. The molecule has 0 aromatic heterocycles. The summed E-state index contributed by atoms with van der Waals surface area (Å²) in [6.45, 7) is 1.54. The van der Waals surface area contributed by atoms with Crippen LogP contribution < -0.4 is 0 Å². The van der Waals surface area contributed by atoms with Crippen LogP contribution in [-0.2, 0) is 23.7 Å². The predicted molar refractivity (Wildman–Crippen MR) is 143 cm³/mol. The van der Waals surface area contributed by atoms with Gasteiger partial charge in [0.25, 0.3) is 9.70 Å². The molecule has 0 aliphatic carbocycles. The lowest BCUT2D eigenvalue weighted by molar-refractivity contribution is -0.359.